The monoisotopic (exact) mass is 1100 g/mol. The Balaban J connectivity index is -0.000000312. The molecule has 0 aliphatic heterocycles. The molecule has 2 unspecified atom stereocenters. The standard InChI is InChI=1S/2C19H34N2O7.2ClH.2H2N.Pt/c2*1-18(2,3)27-16(25)13(21-17(26)28-19(4,5)6)9-7-8-12-20-14(22)10-11-15(23)24;;;;;/h2*13H,7-12H2,1-6H3,(H,20,22)(H,21,26)(H,23,24);2*1H;2*1H2;/q;;;;2*-1;+4/p-2. The number of nitrogens with one attached hydrogen (secondary N) is 4. The van der Waals surface area contributed by atoms with Crippen molar-refractivity contribution in [2.75, 3.05) is 13.1 Å². The van der Waals surface area contributed by atoms with Crippen molar-refractivity contribution in [2.45, 2.75) is 182 Å². The van der Waals surface area contributed by atoms with Crippen LogP contribution in [-0.2, 0) is 64.2 Å². The van der Waals surface area contributed by atoms with Crippen molar-refractivity contribution in [3.8, 4) is 0 Å². The van der Waals surface area contributed by atoms with Crippen LogP contribution in [0.25, 0.3) is 12.3 Å². The number of unbranched alkanes of at least 4 members (excludes halogenated alkanes) is 2. The van der Waals surface area contributed by atoms with E-state index >= 15 is 0 Å². The van der Waals surface area contributed by atoms with Gasteiger partial charge in [-0.05, 0) is 122 Å². The second-order valence-corrected chi connectivity index (χ2v) is 20.3. The van der Waals surface area contributed by atoms with E-state index in [4.69, 9.17) is 48.0 Å². The van der Waals surface area contributed by atoms with Crippen molar-refractivity contribution < 1.29 is 84.0 Å². The molecule has 4 amide bonds. The summed E-state index contributed by atoms with van der Waals surface area (Å²) in [5.74, 6) is -3.82. The average molecular weight is 1100 g/mol. The zero-order valence-electron chi connectivity index (χ0n) is 37.7. The number of ether oxygens (including phenoxy) is 4. The quantitative estimate of drug-likeness (QED) is 0.0389. The molecule has 0 rings (SSSR count). The molecule has 10 N–H and O–H groups in total. The molecule has 20 nitrogen and oxygen atoms in total. The molecule has 2 atom stereocenters. The number of hydrogen-bond acceptors (Lipinski definition) is 12. The Labute approximate surface area is 377 Å². The summed E-state index contributed by atoms with van der Waals surface area (Å²) in [5.41, 5.74) is -2.77. The van der Waals surface area contributed by atoms with Gasteiger partial charge in [-0.25, -0.2) is 19.2 Å². The summed E-state index contributed by atoms with van der Waals surface area (Å²) >= 11 is -0.472. The van der Waals surface area contributed by atoms with Gasteiger partial charge in [0.1, 0.15) is 34.5 Å². The van der Waals surface area contributed by atoms with Crippen molar-refractivity contribution >= 4 is 66.7 Å². The van der Waals surface area contributed by atoms with Crippen LogP contribution in [0.3, 0.4) is 0 Å². The molecule has 0 aromatic rings. The summed E-state index contributed by atoms with van der Waals surface area (Å²) in [6.07, 6.45) is 0.860. The second kappa shape index (κ2) is 34.1. The van der Waals surface area contributed by atoms with Gasteiger partial charge in [-0.3, -0.25) is 19.2 Å². The number of carbonyl (C=O) groups excluding carboxylic acids is 6. The first-order valence-corrected chi connectivity index (χ1v) is 24.7. The van der Waals surface area contributed by atoms with Crippen LogP contribution in [-0.4, -0.2) is 106 Å². The predicted molar refractivity (Wildman–Crippen MR) is 228 cm³/mol. The molecule has 0 aliphatic carbocycles. The van der Waals surface area contributed by atoms with Gasteiger partial charge in [-0.1, -0.05) is 0 Å². The Kier molecular flexibility index (Phi) is 37.2. The predicted octanol–water partition coefficient (Wildman–Crippen LogP) is 7.56. The molecule has 23 heteroatoms. The summed E-state index contributed by atoms with van der Waals surface area (Å²) in [6, 6.07) is -1.73. The van der Waals surface area contributed by atoms with Gasteiger partial charge < -0.3 is 62.7 Å². The topological polar surface area (TPSA) is 329 Å². The Morgan fingerprint density at radius 3 is 0.984 bits per heavy atom. The number of amides is 4. The molecular formula is C38H72Cl2N6O14Pt. The SMILES string of the molecule is CC(C)(C)OC(=O)NC(CCCCNC(=O)CCC(=O)O)C(=O)OC(C)(C)C.CC(C)(C)OC(=O)NC(CCCCNC(=O)CCC(=O)O)C(=O)OC(C)(C)C.[Cl][Pt+2][Cl].[NH2-].[NH2-]. The molecule has 362 valence electrons. The first-order chi connectivity index (χ1) is 26.8. The zero-order chi connectivity index (χ0) is 46.6. The number of nitrogens with two attached hydrogens (primary N) is 2. The summed E-state index contributed by atoms with van der Waals surface area (Å²) in [5, 5.41) is 27.4. The van der Waals surface area contributed by atoms with Gasteiger partial charge in [0.05, 0.1) is 12.8 Å². The number of carboxylic acid groups (broad SMARTS) is 2. The third-order valence-electron chi connectivity index (χ3n) is 6.38. The number of esters is 2. The van der Waals surface area contributed by atoms with Gasteiger partial charge in [0, 0.05) is 25.9 Å². The van der Waals surface area contributed by atoms with E-state index in [2.05, 4.69) is 21.3 Å². The third-order valence-corrected chi connectivity index (χ3v) is 6.38. The van der Waals surface area contributed by atoms with Gasteiger partial charge in [0.2, 0.25) is 11.8 Å². The number of rotatable bonds is 20. The minimum absolute atomic E-state index is 0. The number of halogens is 2. The van der Waals surface area contributed by atoms with Gasteiger partial charge in [-0.2, -0.15) is 0 Å². The van der Waals surface area contributed by atoms with Crippen LogP contribution in [0.5, 0.6) is 0 Å². The fraction of sp³-hybridized carbons (Fsp3) is 0.789. The largest absolute Gasteiger partial charge is 0.693 e. The van der Waals surface area contributed by atoms with Crippen LogP contribution in [0, 0.1) is 0 Å². The van der Waals surface area contributed by atoms with E-state index < -0.39 is 87.0 Å². The third kappa shape index (κ3) is 49.1. The molecule has 0 bridgehead atoms. The normalized spacial score (nSPS) is 12.0. The summed E-state index contributed by atoms with van der Waals surface area (Å²) in [4.78, 5) is 92.5. The number of alkyl carbamates (subject to hydrolysis) is 2. The van der Waals surface area contributed by atoms with Crippen molar-refractivity contribution in [2.24, 2.45) is 0 Å². The number of hydrogen-bond donors (Lipinski definition) is 6. The summed E-state index contributed by atoms with van der Waals surface area (Å²) in [7, 11) is 9.75. The van der Waals surface area contributed by atoms with Gasteiger partial charge in [0.15, 0.2) is 0 Å². The van der Waals surface area contributed by atoms with Gasteiger partial charge >= 0.3 is 71.4 Å². The molecule has 0 radical (unpaired) electrons. The van der Waals surface area contributed by atoms with Crippen LogP contribution in [0.4, 0.5) is 9.59 Å². The Bertz CT molecular complexity index is 1240. The summed E-state index contributed by atoms with van der Waals surface area (Å²) < 4.78 is 21.1. The van der Waals surface area contributed by atoms with Crippen LogP contribution in [0.1, 0.15) is 147 Å². The molecule has 0 saturated carbocycles. The van der Waals surface area contributed by atoms with E-state index in [0.29, 0.717) is 51.6 Å². The molecule has 0 heterocycles. The molecule has 0 spiro atoms. The number of carbonyl (C=O) groups is 8. The van der Waals surface area contributed by atoms with E-state index in [1.807, 2.05) is 0 Å². The van der Waals surface area contributed by atoms with Gasteiger partial charge in [-0.15, -0.1) is 0 Å². The molecule has 0 aromatic heterocycles. The number of aliphatic carboxylic acids is 2. The van der Waals surface area contributed by atoms with E-state index in [9.17, 15) is 38.4 Å². The second-order valence-electron chi connectivity index (χ2n) is 17.0. The molecule has 0 saturated heterocycles. The first kappa shape index (κ1) is 66.6. The Morgan fingerprint density at radius 2 is 0.754 bits per heavy atom. The minimum atomic E-state index is -1.02. The molecule has 0 fully saturated rings. The van der Waals surface area contributed by atoms with E-state index in [1.54, 1.807) is 83.1 Å². The van der Waals surface area contributed by atoms with Crippen LogP contribution >= 0.6 is 18.8 Å². The smallest absolute Gasteiger partial charge is 0.693 e. The zero-order valence-corrected chi connectivity index (χ0v) is 41.4. The van der Waals surface area contributed by atoms with Crippen LogP contribution in [0.2, 0.25) is 0 Å². The fourth-order valence-corrected chi connectivity index (χ4v) is 4.16. The average Bonchev–Trinajstić information content (AvgIpc) is 3.02. The van der Waals surface area contributed by atoms with E-state index in [0.717, 1.165) is 0 Å². The molecule has 61 heavy (non-hydrogen) atoms. The maximum Gasteiger partial charge on any atom is -0.693 e. The fourth-order valence-electron chi connectivity index (χ4n) is 4.16. The maximum absolute atomic E-state index is 12.4. The van der Waals surface area contributed by atoms with E-state index in [1.165, 1.54) is 0 Å². The van der Waals surface area contributed by atoms with Crippen molar-refractivity contribution in [3.63, 3.8) is 0 Å². The Morgan fingerprint density at radius 1 is 0.492 bits per heavy atom. The van der Waals surface area contributed by atoms with Crippen molar-refractivity contribution in [1.82, 2.24) is 21.3 Å². The number of carboxylic acids is 2. The Hall–Kier alpha value is -3.45. The first-order valence-electron chi connectivity index (χ1n) is 19.0. The van der Waals surface area contributed by atoms with E-state index in [-0.39, 0.29) is 49.8 Å². The van der Waals surface area contributed by atoms with Crippen LogP contribution < -0.4 is 21.3 Å². The maximum atomic E-state index is 12.4. The molecular weight excluding hydrogens is 1030 g/mol. The molecule has 0 aromatic carbocycles. The minimum Gasteiger partial charge on any atom is -0.693 e. The molecule has 0 aliphatic rings. The summed E-state index contributed by atoms with van der Waals surface area (Å²) in [6.45, 7) is 21.5. The van der Waals surface area contributed by atoms with Crippen molar-refractivity contribution in [1.29, 1.82) is 0 Å². The van der Waals surface area contributed by atoms with Gasteiger partial charge in [0.25, 0.3) is 0 Å². The van der Waals surface area contributed by atoms with Crippen LogP contribution in [0.15, 0.2) is 0 Å². The van der Waals surface area contributed by atoms with Crippen molar-refractivity contribution in [3.05, 3.63) is 12.3 Å².